The van der Waals surface area contributed by atoms with Gasteiger partial charge in [0.25, 0.3) is 5.91 Å². The van der Waals surface area contributed by atoms with E-state index in [4.69, 9.17) is 4.74 Å². The summed E-state index contributed by atoms with van der Waals surface area (Å²) in [5.74, 6) is -0.103. The van der Waals surface area contributed by atoms with Crippen molar-refractivity contribution in [3.05, 3.63) is 34.5 Å². The summed E-state index contributed by atoms with van der Waals surface area (Å²) < 4.78 is 42.0. The molecule has 1 fully saturated rings. The zero-order valence-electron chi connectivity index (χ0n) is 13.5. The molecule has 0 atom stereocenters. The van der Waals surface area contributed by atoms with E-state index in [9.17, 15) is 18.0 Å². The Morgan fingerprint density at radius 3 is 2.52 bits per heavy atom. The molecule has 0 saturated heterocycles. The van der Waals surface area contributed by atoms with E-state index in [1.165, 1.54) is 17.2 Å². The monoisotopic (exact) mass is 353 g/mol. The van der Waals surface area contributed by atoms with E-state index in [1.807, 2.05) is 0 Å². The van der Waals surface area contributed by atoms with Gasteiger partial charge in [-0.15, -0.1) is 0 Å². The second kappa shape index (κ2) is 6.01. The van der Waals surface area contributed by atoms with Crippen molar-refractivity contribution in [3.8, 4) is 5.88 Å². The molecular formula is C17H18F3N3O2. The van der Waals surface area contributed by atoms with Crippen LogP contribution in [-0.4, -0.2) is 54.8 Å². The Bertz CT molecular complexity index is 725. The van der Waals surface area contributed by atoms with Crippen LogP contribution >= 0.6 is 0 Å². The molecule has 0 spiro atoms. The molecule has 0 radical (unpaired) electrons. The first-order valence-electron chi connectivity index (χ1n) is 8.30. The third kappa shape index (κ3) is 3.63. The van der Waals surface area contributed by atoms with Gasteiger partial charge in [0.2, 0.25) is 5.88 Å². The lowest BCUT2D eigenvalue weighted by atomic mass is 10.1. The van der Waals surface area contributed by atoms with E-state index >= 15 is 0 Å². The van der Waals surface area contributed by atoms with Crippen LogP contribution in [0.25, 0.3) is 0 Å². The summed E-state index contributed by atoms with van der Waals surface area (Å²) in [7, 11) is 0. The lowest BCUT2D eigenvalue weighted by Crippen LogP contribution is -2.32. The standard InChI is InChI=1S/C17H18F3N3O2/c18-17(19,20)9-25-15-4-11(3-14(22-15)10-1-2-10)16(24)23-7-12-5-21-6-13(12)8-23/h3-4,10,21H,1-2,5-9H2. The fourth-order valence-corrected chi connectivity index (χ4v) is 3.26. The molecule has 134 valence electrons. The first kappa shape index (κ1) is 16.4. The summed E-state index contributed by atoms with van der Waals surface area (Å²) in [6.07, 6.45) is -2.56. The van der Waals surface area contributed by atoms with Crippen LogP contribution in [0.4, 0.5) is 13.2 Å². The fraction of sp³-hybridized carbons (Fsp3) is 0.529. The molecule has 8 heteroatoms. The zero-order chi connectivity index (χ0) is 17.6. The minimum Gasteiger partial charge on any atom is -0.468 e. The number of halogens is 3. The van der Waals surface area contributed by atoms with Crippen LogP contribution in [0, 0.1) is 0 Å². The molecule has 4 rings (SSSR count). The molecule has 1 aromatic rings. The summed E-state index contributed by atoms with van der Waals surface area (Å²) in [5.41, 5.74) is 3.46. The van der Waals surface area contributed by atoms with E-state index in [0.717, 1.165) is 25.9 Å². The van der Waals surface area contributed by atoms with Crippen LogP contribution in [0.1, 0.15) is 34.8 Å². The van der Waals surface area contributed by atoms with Gasteiger partial charge >= 0.3 is 6.18 Å². The number of pyridine rings is 1. The van der Waals surface area contributed by atoms with Gasteiger partial charge in [-0.1, -0.05) is 0 Å². The smallest absolute Gasteiger partial charge is 0.422 e. The predicted molar refractivity (Wildman–Crippen MR) is 83.6 cm³/mol. The molecule has 3 aliphatic rings. The fourth-order valence-electron chi connectivity index (χ4n) is 3.26. The summed E-state index contributed by atoms with van der Waals surface area (Å²) in [5, 5.41) is 3.25. The molecule has 0 bridgehead atoms. The van der Waals surface area contributed by atoms with Gasteiger partial charge in [-0.05, 0) is 30.1 Å². The van der Waals surface area contributed by atoms with E-state index in [1.54, 1.807) is 11.0 Å². The van der Waals surface area contributed by atoms with Crippen molar-refractivity contribution >= 4 is 5.91 Å². The number of alkyl halides is 3. The number of ether oxygens (including phenoxy) is 1. The number of carbonyl (C=O) groups excluding carboxylic acids is 1. The summed E-state index contributed by atoms with van der Waals surface area (Å²) in [6.45, 7) is 1.32. The van der Waals surface area contributed by atoms with Crippen LogP contribution in [0.3, 0.4) is 0 Å². The number of nitrogens with zero attached hydrogens (tertiary/aromatic N) is 2. The molecule has 5 nitrogen and oxygen atoms in total. The highest BCUT2D eigenvalue weighted by Crippen LogP contribution is 2.40. The molecule has 1 saturated carbocycles. The van der Waals surface area contributed by atoms with Crippen LogP contribution in [0.5, 0.6) is 5.88 Å². The Balaban J connectivity index is 1.53. The third-order valence-corrected chi connectivity index (χ3v) is 4.68. The molecule has 3 heterocycles. The second-order valence-corrected chi connectivity index (χ2v) is 6.77. The topological polar surface area (TPSA) is 54.5 Å². The first-order valence-corrected chi connectivity index (χ1v) is 8.30. The number of hydrogen-bond donors (Lipinski definition) is 1. The maximum Gasteiger partial charge on any atom is 0.422 e. The van der Waals surface area contributed by atoms with Crippen molar-refractivity contribution in [1.29, 1.82) is 0 Å². The van der Waals surface area contributed by atoms with Crippen LogP contribution in [0.2, 0.25) is 0 Å². The Kier molecular flexibility index (Phi) is 3.94. The Labute approximate surface area is 142 Å². The molecular weight excluding hydrogens is 335 g/mol. The number of aromatic nitrogens is 1. The highest BCUT2D eigenvalue weighted by molar-refractivity contribution is 5.95. The van der Waals surface area contributed by atoms with E-state index in [0.29, 0.717) is 24.3 Å². The van der Waals surface area contributed by atoms with Crippen molar-refractivity contribution in [2.75, 3.05) is 32.8 Å². The average molecular weight is 353 g/mol. The van der Waals surface area contributed by atoms with E-state index < -0.39 is 12.8 Å². The van der Waals surface area contributed by atoms with Crippen molar-refractivity contribution in [2.45, 2.75) is 24.9 Å². The highest BCUT2D eigenvalue weighted by atomic mass is 19.4. The average Bonchev–Trinajstić information content (AvgIpc) is 3.19. The minimum absolute atomic E-state index is 0.133. The predicted octanol–water partition coefficient (Wildman–Crippen LogP) is 2.26. The normalized spacial score (nSPS) is 20.2. The minimum atomic E-state index is -4.44. The Morgan fingerprint density at radius 1 is 1.24 bits per heavy atom. The third-order valence-electron chi connectivity index (χ3n) is 4.68. The van der Waals surface area contributed by atoms with Gasteiger partial charge in [-0.25, -0.2) is 4.98 Å². The lowest BCUT2D eigenvalue weighted by molar-refractivity contribution is -0.154. The number of rotatable bonds is 4. The molecule has 0 aromatic carbocycles. The van der Waals surface area contributed by atoms with Gasteiger partial charge in [0.05, 0.1) is 0 Å². The van der Waals surface area contributed by atoms with Gasteiger partial charge in [-0.2, -0.15) is 13.2 Å². The van der Waals surface area contributed by atoms with Crippen molar-refractivity contribution in [2.24, 2.45) is 0 Å². The highest BCUT2D eigenvalue weighted by Gasteiger charge is 2.32. The second-order valence-electron chi connectivity index (χ2n) is 6.77. The van der Waals surface area contributed by atoms with Gasteiger partial charge in [0.15, 0.2) is 6.61 Å². The van der Waals surface area contributed by atoms with Gasteiger partial charge in [-0.3, -0.25) is 4.79 Å². The molecule has 2 aliphatic heterocycles. The Hall–Kier alpha value is -2.09. The van der Waals surface area contributed by atoms with Crippen molar-refractivity contribution < 1.29 is 22.7 Å². The number of nitrogens with one attached hydrogen (secondary N) is 1. The van der Waals surface area contributed by atoms with Crippen molar-refractivity contribution in [3.63, 3.8) is 0 Å². The number of carbonyl (C=O) groups is 1. The number of amides is 1. The van der Waals surface area contributed by atoms with Gasteiger partial charge in [0, 0.05) is 49.4 Å². The first-order chi connectivity index (χ1) is 11.9. The summed E-state index contributed by atoms with van der Waals surface area (Å²) in [4.78, 5) is 18.7. The quantitative estimate of drug-likeness (QED) is 0.844. The molecule has 0 unspecified atom stereocenters. The van der Waals surface area contributed by atoms with E-state index in [2.05, 4.69) is 10.3 Å². The van der Waals surface area contributed by atoms with E-state index in [-0.39, 0.29) is 17.7 Å². The molecule has 1 aliphatic carbocycles. The molecule has 1 N–H and O–H groups in total. The van der Waals surface area contributed by atoms with Crippen molar-refractivity contribution in [1.82, 2.24) is 15.2 Å². The maximum absolute atomic E-state index is 12.8. The van der Waals surface area contributed by atoms with Crippen LogP contribution in [0.15, 0.2) is 23.3 Å². The van der Waals surface area contributed by atoms with Crippen LogP contribution < -0.4 is 10.1 Å². The SMILES string of the molecule is O=C(c1cc(OCC(F)(F)F)nc(C2CC2)c1)N1CC2=C(CNC2)C1. The molecule has 25 heavy (non-hydrogen) atoms. The largest absolute Gasteiger partial charge is 0.468 e. The zero-order valence-corrected chi connectivity index (χ0v) is 13.5. The lowest BCUT2D eigenvalue weighted by Gasteiger charge is -2.19. The van der Waals surface area contributed by atoms with Crippen LogP contribution in [-0.2, 0) is 0 Å². The van der Waals surface area contributed by atoms with Gasteiger partial charge < -0.3 is 15.0 Å². The molecule has 1 amide bonds. The van der Waals surface area contributed by atoms with Gasteiger partial charge in [0.1, 0.15) is 0 Å². The Morgan fingerprint density at radius 2 is 1.92 bits per heavy atom. The number of hydrogen-bond acceptors (Lipinski definition) is 4. The molecule has 1 aromatic heterocycles. The summed E-state index contributed by atoms with van der Waals surface area (Å²) >= 11 is 0. The maximum atomic E-state index is 12.8. The summed E-state index contributed by atoms with van der Waals surface area (Å²) in [6, 6.07) is 3.02.